The molecule has 2 aromatic carbocycles. The number of nitrogens with one attached hydrogen (secondary N) is 1. The number of nitro groups is 1. The Balaban J connectivity index is 1.61. The van der Waals surface area contributed by atoms with Gasteiger partial charge in [0.25, 0.3) is 5.69 Å². The lowest BCUT2D eigenvalue weighted by atomic mass is 10.2. The van der Waals surface area contributed by atoms with E-state index in [-0.39, 0.29) is 11.4 Å². The number of hydrogen-bond acceptors (Lipinski definition) is 6. The maximum Gasteiger partial charge on any atom is 0.273 e. The van der Waals surface area contributed by atoms with Crippen molar-refractivity contribution in [1.82, 2.24) is 4.90 Å². The number of rotatable bonds is 4. The molecular weight excluding hydrogens is 368 g/mol. The van der Waals surface area contributed by atoms with Crippen molar-refractivity contribution < 1.29 is 14.8 Å². The first-order valence-corrected chi connectivity index (χ1v) is 8.81. The zero-order valence-electron chi connectivity index (χ0n) is 14.8. The van der Waals surface area contributed by atoms with Crippen molar-refractivity contribution in [2.75, 3.05) is 43.5 Å². The molecule has 27 heavy (non-hydrogen) atoms. The Kier molecular flexibility index (Phi) is 5.60. The number of ether oxygens (including phenoxy) is 1. The summed E-state index contributed by atoms with van der Waals surface area (Å²) in [5, 5.41) is 24.0. The molecule has 1 aliphatic heterocycles. The molecule has 2 aromatic rings. The van der Waals surface area contributed by atoms with E-state index in [0.29, 0.717) is 16.5 Å². The first-order valence-electron chi connectivity index (χ1n) is 8.40. The average Bonchev–Trinajstić information content (AvgIpc) is 2.68. The molecule has 3 rings (SSSR count). The Morgan fingerprint density at radius 3 is 2.44 bits per heavy atom. The van der Waals surface area contributed by atoms with Crippen LogP contribution >= 0.6 is 12.2 Å². The molecule has 1 aliphatic rings. The van der Waals surface area contributed by atoms with Crippen molar-refractivity contribution >= 4 is 34.4 Å². The Labute approximate surface area is 162 Å². The lowest BCUT2D eigenvalue weighted by Gasteiger charge is -2.37. The van der Waals surface area contributed by atoms with E-state index in [4.69, 9.17) is 17.0 Å². The van der Waals surface area contributed by atoms with E-state index >= 15 is 0 Å². The molecule has 0 amide bonds. The third-order valence-electron chi connectivity index (χ3n) is 4.42. The van der Waals surface area contributed by atoms with Crippen LogP contribution in [0.15, 0.2) is 42.5 Å². The number of non-ortho nitro benzene ring substituents is 1. The number of benzene rings is 2. The normalized spacial score (nSPS) is 14.0. The van der Waals surface area contributed by atoms with Crippen LogP contribution < -0.4 is 15.0 Å². The first kappa shape index (κ1) is 18.7. The largest absolute Gasteiger partial charge is 0.508 e. The minimum Gasteiger partial charge on any atom is -0.508 e. The van der Waals surface area contributed by atoms with Crippen molar-refractivity contribution in [3.63, 3.8) is 0 Å². The summed E-state index contributed by atoms with van der Waals surface area (Å²) in [6, 6.07) is 11.5. The van der Waals surface area contributed by atoms with E-state index in [0.717, 1.165) is 31.9 Å². The quantitative estimate of drug-likeness (QED) is 0.469. The van der Waals surface area contributed by atoms with E-state index in [1.54, 1.807) is 18.2 Å². The van der Waals surface area contributed by atoms with Crippen molar-refractivity contribution in [1.29, 1.82) is 0 Å². The molecule has 0 atom stereocenters. The zero-order valence-corrected chi connectivity index (χ0v) is 15.6. The summed E-state index contributed by atoms with van der Waals surface area (Å²) in [6.45, 7) is 3.07. The van der Waals surface area contributed by atoms with Crippen LogP contribution in [0, 0.1) is 10.1 Å². The van der Waals surface area contributed by atoms with Crippen LogP contribution in [0.2, 0.25) is 0 Å². The van der Waals surface area contributed by atoms with E-state index < -0.39 is 4.92 Å². The van der Waals surface area contributed by atoms with Gasteiger partial charge in [-0.2, -0.15) is 0 Å². The number of nitro benzene ring substituents is 1. The Bertz CT molecular complexity index is 836. The monoisotopic (exact) mass is 388 g/mol. The second-order valence-corrected chi connectivity index (χ2v) is 6.45. The number of piperazine rings is 1. The zero-order chi connectivity index (χ0) is 19.4. The molecular formula is C18H20N4O4S. The predicted octanol–water partition coefficient (Wildman–Crippen LogP) is 2.83. The highest BCUT2D eigenvalue weighted by molar-refractivity contribution is 7.80. The molecule has 0 radical (unpaired) electrons. The molecule has 0 bridgehead atoms. The third kappa shape index (κ3) is 4.37. The SMILES string of the molecule is COc1cc([N+](=O)[O-])ccc1NC(=S)N1CCN(c2ccc(O)cc2)CC1. The molecule has 142 valence electrons. The molecule has 0 aromatic heterocycles. The summed E-state index contributed by atoms with van der Waals surface area (Å²) < 4.78 is 5.24. The molecule has 0 unspecified atom stereocenters. The molecule has 2 N–H and O–H groups in total. The van der Waals surface area contributed by atoms with Crippen molar-refractivity contribution in [3.8, 4) is 11.5 Å². The van der Waals surface area contributed by atoms with Gasteiger partial charge in [0.2, 0.25) is 0 Å². The van der Waals surface area contributed by atoms with E-state index in [1.807, 2.05) is 17.0 Å². The molecule has 9 heteroatoms. The van der Waals surface area contributed by atoms with Gasteiger partial charge in [-0.1, -0.05) is 0 Å². The topological polar surface area (TPSA) is 91.1 Å². The molecule has 0 saturated carbocycles. The number of aromatic hydroxyl groups is 1. The number of nitrogens with zero attached hydrogens (tertiary/aromatic N) is 3. The summed E-state index contributed by atoms with van der Waals surface area (Å²) >= 11 is 5.49. The number of anilines is 2. The van der Waals surface area contributed by atoms with Crippen molar-refractivity contribution in [2.45, 2.75) is 0 Å². The van der Waals surface area contributed by atoms with Crippen LogP contribution in [0.4, 0.5) is 17.1 Å². The second-order valence-electron chi connectivity index (χ2n) is 6.06. The minimum absolute atomic E-state index is 0.0363. The van der Waals surface area contributed by atoms with E-state index in [9.17, 15) is 15.2 Å². The summed E-state index contributed by atoms with van der Waals surface area (Å²) in [5.74, 6) is 0.620. The van der Waals surface area contributed by atoms with Gasteiger partial charge in [0, 0.05) is 37.9 Å². The van der Waals surface area contributed by atoms with E-state index in [2.05, 4.69) is 10.2 Å². The number of phenolic OH excluding ortho intramolecular Hbond substituents is 1. The van der Waals surface area contributed by atoms with Gasteiger partial charge in [0.1, 0.15) is 11.5 Å². The fraction of sp³-hybridized carbons (Fsp3) is 0.278. The smallest absolute Gasteiger partial charge is 0.273 e. The number of phenols is 1. The Morgan fingerprint density at radius 1 is 1.19 bits per heavy atom. The van der Waals surface area contributed by atoms with Gasteiger partial charge in [-0.3, -0.25) is 10.1 Å². The highest BCUT2D eigenvalue weighted by Crippen LogP contribution is 2.29. The Morgan fingerprint density at radius 2 is 1.85 bits per heavy atom. The van der Waals surface area contributed by atoms with Gasteiger partial charge in [0.15, 0.2) is 5.11 Å². The standard InChI is InChI=1S/C18H20N4O4S/c1-26-17-12-14(22(24)25)4-7-16(17)19-18(27)21-10-8-20(9-11-21)13-2-5-15(23)6-3-13/h2-7,12,23H,8-11H2,1H3,(H,19,27). The van der Waals surface area contributed by atoms with Crippen LogP contribution in [0.5, 0.6) is 11.5 Å². The minimum atomic E-state index is -0.465. The van der Waals surface area contributed by atoms with Gasteiger partial charge in [-0.25, -0.2) is 0 Å². The fourth-order valence-corrected chi connectivity index (χ4v) is 3.21. The van der Waals surface area contributed by atoms with Crippen LogP contribution in [-0.4, -0.2) is 53.3 Å². The summed E-state index contributed by atoms with van der Waals surface area (Å²) in [4.78, 5) is 14.7. The number of hydrogen-bond donors (Lipinski definition) is 2. The molecule has 1 saturated heterocycles. The van der Waals surface area contributed by atoms with E-state index in [1.165, 1.54) is 19.2 Å². The fourth-order valence-electron chi connectivity index (χ4n) is 2.92. The third-order valence-corrected chi connectivity index (χ3v) is 4.78. The van der Waals surface area contributed by atoms with Gasteiger partial charge in [0.05, 0.1) is 23.8 Å². The van der Waals surface area contributed by atoms with Crippen LogP contribution in [0.1, 0.15) is 0 Å². The summed E-state index contributed by atoms with van der Waals surface area (Å²) in [5.41, 5.74) is 1.61. The highest BCUT2D eigenvalue weighted by atomic mass is 32.1. The Hall–Kier alpha value is -3.07. The van der Waals surface area contributed by atoms with Gasteiger partial charge >= 0.3 is 0 Å². The summed E-state index contributed by atoms with van der Waals surface area (Å²) in [7, 11) is 1.46. The van der Waals surface area contributed by atoms with Crippen molar-refractivity contribution in [2.24, 2.45) is 0 Å². The molecule has 0 aliphatic carbocycles. The average molecular weight is 388 g/mol. The lowest BCUT2D eigenvalue weighted by Crippen LogP contribution is -2.50. The van der Waals surface area contributed by atoms with Crippen LogP contribution in [0.3, 0.4) is 0 Å². The van der Waals surface area contributed by atoms with Gasteiger partial charge in [-0.15, -0.1) is 0 Å². The van der Waals surface area contributed by atoms with Gasteiger partial charge in [-0.05, 0) is 42.5 Å². The molecule has 8 nitrogen and oxygen atoms in total. The van der Waals surface area contributed by atoms with Crippen LogP contribution in [0.25, 0.3) is 0 Å². The molecule has 0 spiro atoms. The van der Waals surface area contributed by atoms with Crippen LogP contribution in [-0.2, 0) is 0 Å². The summed E-state index contributed by atoms with van der Waals surface area (Å²) in [6.07, 6.45) is 0. The maximum absolute atomic E-state index is 10.9. The first-order chi connectivity index (χ1) is 13.0. The van der Waals surface area contributed by atoms with Gasteiger partial charge < -0.3 is 25.0 Å². The molecule has 1 fully saturated rings. The highest BCUT2D eigenvalue weighted by Gasteiger charge is 2.20. The second kappa shape index (κ2) is 8.09. The number of thiocarbonyl (C=S) groups is 1. The maximum atomic E-state index is 10.9. The predicted molar refractivity (Wildman–Crippen MR) is 108 cm³/mol. The van der Waals surface area contributed by atoms with Crippen molar-refractivity contribution in [3.05, 3.63) is 52.6 Å². The molecule has 1 heterocycles. The number of methoxy groups -OCH3 is 1. The lowest BCUT2D eigenvalue weighted by molar-refractivity contribution is -0.384.